The molecule has 0 bridgehead atoms. The van der Waals surface area contributed by atoms with Crippen molar-refractivity contribution >= 4 is 17.6 Å². The first kappa shape index (κ1) is 13.1. The summed E-state index contributed by atoms with van der Waals surface area (Å²) in [5.74, 6) is -0.895. The van der Waals surface area contributed by atoms with Crippen molar-refractivity contribution in [2.45, 2.75) is 25.3 Å². The monoisotopic (exact) mass is 294 g/mol. The number of rotatable bonds is 2. The second-order valence-electron chi connectivity index (χ2n) is 4.80. The number of hydrogen-bond acceptors (Lipinski definition) is 2. The lowest BCUT2D eigenvalue weighted by molar-refractivity contribution is -0.141. The molecule has 1 atom stereocenters. The van der Waals surface area contributed by atoms with Crippen molar-refractivity contribution in [3.05, 3.63) is 40.9 Å². The second kappa shape index (κ2) is 4.90. The Morgan fingerprint density at radius 3 is 3.00 bits per heavy atom. The normalized spacial score (nSPS) is 17.8. The van der Waals surface area contributed by atoms with E-state index in [2.05, 4.69) is 4.98 Å². The maximum Gasteiger partial charge on any atom is 0.326 e. The molecule has 20 heavy (non-hydrogen) atoms. The summed E-state index contributed by atoms with van der Waals surface area (Å²) in [6.07, 6.45) is 1.97. The van der Waals surface area contributed by atoms with Crippen molar-refractivity contribution in [3.63, 3.8) is 0 Å². The van der Waals surface area contributed by atoms with E-state index >= 15 is 0 Å². The molecule has 0 spiro atoms. The minimum Gasteiger partial charge on any atom is -0.480 e. The molecular formula is C14H12ClFN2O2. The molecule has 104 valence electrons. The Kier molecular flexibility index (Phi) is 3.22. The maximum absolute atomic E-state index is 13.4. The Bertz CT molecular complexity index is 684. The average Bonchev–Trinajstić information content (AvgIpc) is 2.76. The van der Waals surface area contributed by atoms with E-state index in [0.29, 0.717) is 35.1 Å². The van der Waals surface area contributed by atoms with Crippen LogP contribution in [0.2, 0.25) is 5.15 Å². The summed E-state index contributed by atoms with van der Waals surface area (Å²) >= 11 is 6.10. The third-order valence-corrected chi connectivity index (χ3v) is 3.83. The summed E-state index contributed by atoms with van der Waals surface area (Å²) in [7, 11) is 0. The standard InChI is InChI=1S/C14H12ClFN2O2/c15-12-10-5-2-6-11(14(19)20)18(10)13(17-12)8-3-1-4-9(16)7-8/h1,3-4,7,11H,2,5-6H2,(H,19,20). The van der Waals surface area contributed by atoms with Crippen LogP contribution in [0.15, 0.2) is 24.3 Å². The van der Waals surface area contributed by atoms with Crippen molar-refractivity contribution in [3.8, 4) is 11.4 Å². The first-order valence-electron chi connectivity index (χ1n) is 6.33. The van der Waals surface area contributed by atoms with Crippen molar-refractivity contribution in [2.24, 2.45) is 0 Å². The molecule has 2 aromatic rings. The number of fused-ring (bicyclic) bond motifs is 1. The van der Waals surface area contributed by atoms with Gasteiger partial charge in [-0.3, -0.25) is 0 Å². The van der Waals surface area contributed by atoms with Crippen LogP contribution in [0.1, 0.15) is 24.6 Å². The summed E-state index contributed by atoms with van der Waals surface area (Å²) in [5, 5.41) is 9.66. The summed E-state index contributed by atoms with van der Waals surface area (Å²) in [5.41, 5.74) is 1.25. The Hall–Kier alpha value is -1.88. The molecule has 6 heteroatoms. The number of hydrogen-bond donors (Lipinski definition) is 1. The van der Waals surface area contributed by atoms with Gasteiger partial charge in [0.2, 0.25) is 0 Å². The number of carboxylic acids is 1. The van der Waals surface area contributed by atoms with Gasteiger partial charge in [0.05, 0.1) is 5.69 Å². The van der Waals surface area contributed by atoms with Crippen molar-refractivity contribution in [1.29, 1.82) is 0 Å². The lowest BCUT2D eigenvalue weighted by Gasteiger charge is -2.24. The molecule has 2 heterocycles. The van der Waals surface area contributed by atoms with Crippen LogP contribution >= 0.6 is 11.6 Å². The van der Waals surface area contributed by atoms with Gasteiger partial charge in [-0.15, -0.1) is 0 Å². The molecule has 1 aliphatic heterocycles. The fourth-order valence-electron chi connectivity index (χ4n) is 2.65. The van der Waals surface area contributed by atoms with E-state index in [0.717, 1.165) is 6.42 Å². The molecule has 1 aliphatic rings. The predicted molar refractivity (Wildman–Crippen MR) is 72.2 cm³/mol. The van der Waals surface area contributed by atoms with Gasteiger partial charge in [0.25, 0.3) is 0 Å². The number of aliphatic carboxylic acids is 1. The fraction of sp³-hybridized carbons (Fsp3) is 0.286. The van der Waals surface area contributed by atoms with E-state index in [1.807, 2.05) is 0 Å². The van der Waals surface area contributed by atoms with Crippen LogP contribution in [-0.2, 0) is 11.2 Å². The summed E-state index contributed by atoms with van der Waals surface area (Å²) in [4.78, 5) is 15.6. The van der Waals surface area contributed by atoms with Crippen LogP contribution in [0, 0.1) is 5.82 Å². The van der Waals surface area contributed by atoms with E-state index in [4.69, 9.17) is 11.6 Å². The van der Waals surface area contributed by atoms with Crippen molar-refractivity contribution in [2.75, 3.05) is 0 Å². The Morgan fingerprint density at radius 2 is 2.30 bits per heavy atom. The highest BCUT2D eigenvalue weighted by molar-refractivity contribution is 6.30. The Balaban J connectivity index is 2.20. The molecule has 0 aliphatic carbocycles. The summed E-state index contributed by atoms with van der Waals surface area (Å²) in [6.45, 7) is 0. The van der Waals surface area contributed by atoms with Gasteiger partial charge in [-0.25, -0.2) is 14.2 Å². The Morgan fingerprint density at radius 1 is 1.50 bits per heavy atom. The van der Waals surface area contributed by atoms with Gasteiger partial charge in [0.15, 0.2) is 5.15 Å². The number of halogens is 2. The van der Waals surface area contributed by atoms with Crippen molar-refractivity contribution in [1.82, 2.24) is 9.55 Å². The topological polar surface area (TPSA) is 55.1 Å². The molecule has 1 aromatic heterocycles. The molecular weight excluding hydrogens is 283 g/mol. The van der Waals surface area contributed by atoms with Gasteiger partial charge < -0.3 is 9.67 Å². The molecule has 0 fully saturated rings. The zero-order chi connectivity index (χ0) is 14.3. The summed E-state index contributed by atoms with van der Waals surface area (Å²) in [6, 6.07) is 5.23. The lowest BCUT2D eigenvalue weighted by atomic mass is 10.0. The SMILES string of the molecule is O=C(O)C1CCCc2c(Cl)nc(-c3cccc(F)c3)n21. The third kappa shape index (κ3) is 2.08. The van der Waals surface area contributed by atoms with Crippen LogP contribution < -0.4 is 0 Å². The smallest absolute Gasteiger partial charge is 0.326 e. The molecule has 1 aromatic carbocycles. The van der Waals surface area contributed by atoms with E-state index in [9.17, 15) is 14.3 Å². The predicted octanol–water partition coefficient (Wildman–Crippen LogP) is 3.30. The highest BCUT2D eigenvalue weighted by Gasteiger charge is 2.31. The summed E-state index contributed by atoms with van der Waals surface area (Å²) < 4.78 is 15.0. The van der Waals surface area contributed by atoms with Gasteiger partial charge in [-0.1, -0.05) is 23.7 Å². The number of benzene rings is 1. The van der Waals surface area contributed by atoms with Gasteiger partial charge in [0.1, 0.15) is 17.7 Å². The molecule has 3 rings (SSSR count). The quantitative estimate of drug-likeness (QED) is 0.924. The van der Waals surface area contributed by atoms with Crippen LogP contribution in [0.4, 0.5) is 4.39 Å². The highest BCUT2D eigenvalue weighted by Crippen LogP contribution is 2.35. The zero-order valence-corrected chi connectivity index (χ0v) is 11.3. The molecule has 0 saturated carbocycles. The first-order chi connectivity index (χ1) is 9.58. The van der Waals surface area contributed by atoms with Crippen LogP contribution in [0.3, 0.4) is 0 Å². The third-order valence-electron chi connectivity index (χ3n) is 3.53. The Labute approximate surface area is 119 Å². The lowest BCUT2D eigenvalue weighted by Crippen LogP contribution is -2.25. The number of nitrogens with zero attached hydrogens (tertiary/aromatic N) is 2. The number of aromatic nitrogens is 2. The first-order valence-corrected chi connectivity index (χ1v) is 6.71. The largest absolute Gasteiger partial charge is 0.480 e. The molecule has 1 unspecified atom stereocenters. The number of carboxylic acid groups (broad SMARTS) is 1. The van der Waals surface area contributed by atoms with Gasteiger partial charge in [-0.05, 0) is 31.4 Å². The minimum absolute atomic E-state index is 0.301. The van der Waals surface area contributed by atoms with E-state index in [1.54, 1.807) is 16.7 Å². The van der Waals surface area contributed by atoms with E-state index in [-0.39, 0.29) is 0 Å². The molecule has 0 saturated heterocycles. The molecule has 4 nitrogen and oxygen atoms in total. The van der Waals surface area contributed by atoms with Crippen LogP contribution in [0.5, 0.6) is 0 Å². The number of imidazole rings is 1. The van der Waals surface area contributed by atoms with E-state index < -0.39 is 17.8 Å². The van der Waals surface area contributed by atoms with Gasteiger partial charge in [0, 0.05) is 5.56 Å². The fourth-order valence-corrected chi connectivity index (χ4v) is 2.92. The van der Waals surface area contributed by atoms with Crippen LogP contribution in [0.25, 0.3) is 11.4 Å². The highest BCUT2D eigenvalue weighted by atomic mass is 35.5. The van der Waals surface area contributed by atoms with E-state index in [1.165, 1.54) is 12.1 Å². The maximum atomic E-state index is 13.4. The molecule has 0 amide bonds. The molecule has 0 radical (unpaired) electrons. The van der Waals surface area contributed by atoms with Crippen LogP contribution in [-0.4, -0.2) is 20.6 Å². The van der Waals surface area contributed by atoms with Gasteiger partial charge in [-0.2, -0.15) is 0 Å². The average molecular weight is 295 g/mol. The number of carbonyl (C=O) groups is 1. The van der Waals surface area contributed by atoms with Gasteiger partial charge >= 0.3 is 5.97 Å². The molecule has 1 N–H and O–H groups in total. The van der Waals surface area contributed by atoms with Crippen molar-refractivity contribution < 1.29 is 14.3 Å². The minimum atomic E-state index is -0.919. The zero-order valence-electron chi connectivity index (χ0n) is 10.5. The second-order valence-corrected chi connectivity index (χ2v) is 5.16.